The van der Waals surface area contributed by atoms with Crippen LogP contribution in [0, 0.1) is 0 Å². The molecule has 2 aromatic heterocycles. The third kappa shape index (κ3) is 9.84. The van der Waals surface area contributed by atoms with E-state index in [-0.39, 0.29) is 24.6 Å². The predicted octanol–water partition coefficient (Wildman–Crippen LogP) is 4.32. The Balaban J connectivity index is 1.19. The zero-order valence-corrected chi connectivity index (χ0v) is 22.3. The molecule has 42 heavy (non-hydrogen) atoms. The molecule has 0 aliphatic carbocycles. The highest BCUT2D eigenvalue weighted by atomic mass is 19.4. The van der Waals surface area contributed by atoms with Crippen LogP contribution in [0.5, 0.6) is 5.75 Å². The maximum absolute atomic E-state index is 12.4. The molecule has 0 aliphatic heterocycles. The molecule has 0 saturated heterocycles. The Bertz CT molecular complexity index is 1560. The van der Waals surface area contributed by atoms with Crippen LogP contribution < -0.4 is 21.1 Å². The first-order valence-electron chi connectivity index (χ1n) is 13.0. The number of hydrogen-bond donors (Lipinski definition) is 2. The zero-order valence-electron chi connectivity index (χ0n) is 22.3. The van der Waals surface area contributed by atoms with Crippen LogP contribution in [0.1, 0.15) is 29.7 Å². The minimum Gasteiger partial charge on any atom is -0.406 e. The number of ether oxygens (including phenoxy) is 1. The summed E-state index contributed by atoms with van der Waals surface area (Å²) in [6.45, 7) is 0.396. The summed E-state index contributed by atoms with van der Waals surface area (Å²) in [5.41, 5.74) is 1.39. The van der Waals surface area contributed by atoms with Crippen LogP contribution in [0.15, 0.2) is 83.8 Å². The number of aromatic nitrogens is 4. The smallest absolute Gasteiger partial charge is 0.406 e. The molecular weight excluding hydrogens is 553 g/mol. The van der Waals surface area contributed by atoms with Crippen molar-refractivity contribution in [1.82, 2.24) is 19.7 Å². The van der Waals surface area contributed by atoms with Gasteiger partial charge in [-0.05, 0) is 60.7 Å². The fraction of sp³-hybridized carbons (Fsp3) is 0.241. The number of nitrogens with zero attached hydrogens (tertiary/aromatic N) is 4. The van der Waals surface area contributed by atoms with E-state index in [1.165, 1.54) is 29.0 Å². The van der Waals surface area contributed by atoms with Gasteiger partial charge in [-0.2, -0.15) is 10.1 Å². The van der Waals surface area contributed by atoms with Gasteiger partial charge in [-0.15, -0.1) is 18.3 Å². The number of carbonyl (C=O) groups excluding carboxylic acids is 2. The number of aryl methyl sites for hydroxylation is 2. The molecular formula is C29H27F3N6O4. The summed E-state index contributed by atoms with van der Waals surface area (Å²) in [6, 6.07) is 19.4. The van der Waals surface area contributed by atoms with Gasteiger partial charge < -0.3 is 15.4 Å². The molecule has 0 spiro atoms. The molecule has 0 saturated carbocycles. The van der Waals surface area contributed by atoms with Crippen LogP contribution in [-0.4, -0.2) is 37.9 Å². The van der Waals surface area contributed by atoms with Gasteiger partial charge >= 0.3 is 12.1 Å². The van der Waals surface area contributed by atoms with Crippen molar-refractivity contribution >= 4 is 23.5 Å². The minimum absolute atomic E-state index is 0.0372. The first kappa shape index (κ1) is 29.9. The molecule has 4 rings (SSSR count). The third-order valence-electron chi connectivity index (χ3n) is 5.92. The number of nitrogens with one attached hydrogen (secondary N) is 2. The summed E-state index contributed by atoms with van der Waals surface area (Å²) in [7, 11) is 0. The van der Waals surface area contributed by atoms with Crippen molar-refractivity contribution in [3.8, 4) is 5.75 Å². The third-order valence-corrected chi connectivity index (χ3v) is 5.92. The van der Waals surface area contributed by atoms with Gasteiger partial charge in [0, 0.05) is 12.7 Å². The zero-order chi connectivity index (χ0) is 30.0. The Morgan fingerprint density at radius 2 is 1.52 bits per heavy atom. The van der Waals surface area contributed by atoms with Crippen molar-refractivity contribution in [2.24, 2.45) is 0 Å². The lowest BCUT2D eigenvalue weighted by atomic mass is 10.1. The number of rotatable bonds is 12. The fourth-order valence-electron chi connectivity index (χ4n) is 4.01. The van der Waals surface area contributed by atoms with Crippen molar-refractivity contribution in [2.75, 3.05) is 10.6 Å². The maximum atomic E-state index is 12.4. The molecule has 0 atom stereocenters. The molecule has 0 fully saturated rings. The van der Waals surface area contributed by atoms with E-state index in [0.717, 1.165) is 29.8 Å². The summed E-state index contributed by atoms with van der Waals surface area (Å²) in [5.74, 6) is -0.756. The number of anilines is 2. The Hall–Kier alpha value is -5.07. The molecule has 0 bridgehead atoms. The highest BCUT2D eigenvalue weighted by Crippen LogP contribution is 2.23. The first-order valence-corrected chi connectivity index (χ1v) is 13.0. The maximum Gasteiger partial charge on any atom is 0.573 e. The molecule has 10 nitrogen and oxygen atoms in total. The van der Waals surface area contributed by atoms with Gasteiger partial charge in [0.2, 0.25) is 11.8 Å². The quantitative estimate of drug-likeness (QED) is 0.239. The lowest BCUT2D eigenvalue weighted by molar-refractivity contribution is -0.274. The molecule has 2 heterocycles. The summed E-state index contributed by atoms with van der Waals surface area (Å²) in [4.78, 5) is 40.7. The van der Waals surface area contributed by atoms with Crippen LogP contribution in [0.4, 0.5) is 24.8 Å². The van der Waals surface area contributed by atoms with Gasteiger partial charge in [0.15, 0.2) is 5.82 Å². The molecule has 0 radical (unpaired) electrons. The Morgan fingerprint density at radius 1 is 0.810 bits per heavy atom. The van der Waals surface area contributed by atoms with Gasteiger partial charge in [0.05, 0.1) is 18.5 Å². The predicted molar refractivity (Wildman–Crippen MR) is 148 cm³/mol. The fourth-order valence-corrected chi connectivity index (χ4v) is 4.01. The average molecular weight is 581 g/mol. The summed E-state index contributed by atoms with van der Waals surface area (Å²) < 4.78 is 42.5. The SMILES string of the molecule is O=C(Cc1ccccc1)Nc1ccc(CCCCn2ccc(NC(=O)Cc3cccc(OC(F)(F)F)c3)nc2=O)nn1. The highest BCUT2D eigenvalue weighted by molar-refractivity contribution is 5.91. The van der Waals surface area contributed by atoms with Crippen molar-refractivity contribution in [3.63, 3.8) is 0 Å². The second-order valence-corrected chi connectivity index (χ2v) is 9.29. The monoisotopic (exact) mass is 580 g/mol. The number of unbranched alkanes of at least 4 members (excludes halogenated alkanes) is 1. The molecule has 0 unspecified atom stereocenters. The topological polar surface area (TPSA) is 128 Å². The summed E-state index contributed by atoms with van der Waals surface area (Å²) in [6.07, 6.45) is -1.32. The minimum atomic E-state index is -4.84. The van der Waals surface area contributed by atoms with E-state index in [2.05, 4.69) is 30.6 Å². The standard InChI is InChI=1S/C29H27F3N6O4/c30-29(31,32)42-23-11-6-9-21(17-23)19-27(40)33-24-14-16-38(28(41)35-24)15-5-4-10-22-12-13-25(37-36-22)34-26(39)18-20-7-2-1-3-8-20/h1-3,6-9,11-14,16-17H,4-5,10,15,18-19H2,(H,34,37,39)(H,33,35,40,41). The lowest BCUT2D eigenvalue weighted by Crippen LogP contribution is -2.25. The molecule has 218 valence electrons. The molecule has 2 amide bonds. The van der Waals surface area contributed by atoms with Crippen LogP contribution in [0.2, 0.25) is 0 Å². The highest BCUT2D eigenvalue weighted by Gasteiger charge is 2.31. The van der Waals surface area contributed by atoms with Crippen LogP contribution in [0.3, 0.4) is 0 Å². The normalized spacial score (nSPS) is 11.1. The van der Waals surface area contributed by atoms with E-state index in [1.807, 2.05) is 30.3 Å². The van der Waals surface area contributed by atoms with E-state index < -0.39 is 23.7 Å². The van der Waals surface area contributed by atoms with Gasteiger partial charge in [-0.25, -0.2) is 4.79 Å². The number of halogens is 3. The number of hydrogen-bond acceptors (Lipinski definition) is 7. The summed E-state index contributed by atoms with van der Waals surface area (Å²) in [5, 5.41) is 13.4. The molecule has 2 N–H and O–H groups in total. The van der Waals surface area contributed by atoms with E-state index in [4.69, 9.17) is 0 Å². The lowest BCUT2D eigenvalue weighted by Gasteiger charge is -2.10. The van der Waals surface area contributed by atoms with Crippen molar-refractivity contribution in [3.05, 3.63) is 106 Å². The number of carbonyl (C=O) groups is 2. The van der Waals surface area contributed by atoms with E-state index in [9.17, 15) is 27.6 Å². The second kappa shape index (κ2) is 14.0. The number of alkyl halides is 3. The summed E-state index contributed by atoms with van der Waals surface area (Å²) >= 11 is 0. The van der Waals surface area contributed by atoms with E-state index in [1.54, 1.807) is 12.1 Å². The largest absolute Gasteiger partial charge is 0.573 e. The molecule has 2 aromatic carbocycles. The van der Waals surface area contributed by atoms with Crippen LogP contribution in [0.25, 0.3) is 0 Å². The number of amides is 2. The van der Waals surface area contributed by atoms with Gasteiger partial charge in [-0.1, -0.05) is 42.5 Å². The van der Waals surface area contributed by atoms with Gasteiger partial charge in [-0.3, -0.25) is 14.2 Å². The van der Waals surface area contributed by atoms with Crippen molar-refractivity contribution in [2.45, 2.75) is 45.0 Å². The second-order valence-electron chi connectivity index (χ2n) is 9.29. The van der Waals surface area contributed by atoms with Crippen LogP contribution >= 0.6 is 0 Å². The van der Waals surface area contributed by atoms with Crippen molar-refractivity contribution in [1.29, 1.82) is 0 Å². The van der Waals surface area contributed by atoms with Crippen molar-refractivity contribution < 1.29 is 27.5 Å². The van der Waals surface area contributed by atoms with E-state index in [0.29, 0.717) is 30.8 Å². The Kier molecular flexibility index (Phi) is 9.98. The average Bonchev–Trinajstić information content (AvgIpc) is 2.92. The molecule has 13 heteroatoms. The molecule has 4 aromatic rings. The van der Waals surface area contributed by atoms with Crippen LogP contribution in [-0.2, 0) is 35.4 Å². The van der Waals surface area contributed by atoms with E-state index >= 15 is 0 Å². The first-order chi connectivity index (χ1) is 20.1. The van der Waals surface area contributed by atoms with Gasteiger partial charge in [0.1, 0.15) is 11.6 Å². The molecule has 0 aliphatic rings. The Labute approximate surface area is 238 Å². The van der Waals surface area contributed by atoms with Gasteiger partial charge in [0.25, 0.3) is 0 Å². The number of benzene rings is 2. The Morgan fingerprint density at radius 3 is 2.21 bits per heavy atom.